The molecule has 0 bridgehead atoms. The van der Waals surface area contributed by atoms with Gasteiger partial charge in [-0.1, -0.05) is 85.0 Å². The lowest BCUT2D eigenvalue weighted by Crippen LogP contribution is -2.44. The molecule has 0 saturated carbocycles. The zero-order valence-corrected chi connectivity index (χ0v) is 14.2. The highest BCUT2D eigenvalue weighted by molar-refractivity contribution is 6.95. The molecular weight excluding hydrogens is 284 g/mol. The Hall–Kier alpha value is -2.06. The first-order valence-corrected chi connectivity index (χ1v) is 10.8. The predicted octanol–water partition coefficient (Wildman–Crippen LogP) is 4.53. The van der Waals surface area contributed by atoms with Gasteiger partial charge in [-0.2, -0.15) is 0 Å². The van der Waals surface area contributed by atoms with Crippen molar-refractivity contribution in [2.24, 2.45) is 0 Å². The van der Waals surface area contributed by atoms with Crippen LogP contribution in [0.5, 0.6) is 0 Å². The zero-order valence-electron chi connectivity index (χ0n) is 13.2. The summed E-state index contributed by atoms with van der Waals surface area (Å²) >= 11 is 0. The molecule has 2 aromatic carbocycles. The topological polar surface area (TPSA) is 9.23 Å². The van der Waals surface area contributed by atoms with E-state index in [1.165, 1.54) is 16.1 Å². The van der Waals surface area contributed by atoms with Crippen molar-refractivity contribution in [1.29, 1.82) is 0 Å². The summed E-state index contributed by atoms with van der Waals surface area (Å²) in [6, 6.07) is 21.1. The molecule has 1 unspecified atom stereocenters. The summed E-state index contributed by atoms with van der Waals surface area (Å²) in [5.41, 5.74) is 1.22. The summed E-state index contributed by atoms with van der Waals surface area (Å²) in [7, 11) is -1.69. The van der Waals surface area contributed by atoms with Crippen LogP contribution >= 0.6 is 0 Å². The second-order valence-electron chi connectivity index (χ2n) is 6.22. The maximum absolute atomic E-state index is 6.24. The van der Waals surface area contributed by atoms with Gasteiger partial charge in [-0.25, -0.2) is 0 Å². The van der Waals surface area contributed by atoms with Crippen molar-refractivity contribution in [2.75, 3.05) is 0 Å². The Morgan fingerprint density at radius 2 is 1.59 bits per heavy atom. The van der Waals surface area contributed by atoms with Crippen molar-refractivity contribution in [2.45, 2.75) is 25.6 Å². The number of ether oxygens (including phenoxy) is 1. The van der Waals surface area contributed by atoms with E-state index in [9.17, 15) is 0 Å². The maximum atomic E-state index is 6.24. The third-order valence-electron chi connectivity index (χ3n) is 4.23. The van der Waals surface area contributed by atoms with Crippen molar-refractivity contribution >= 4 is 19.3 Å². The first kappa shape index (κ1) is 14.9. The van der Waals surface area contributed by atoms with Crippen LogP contribution in [-0.4, -0.2) is 14.2 Å². The fourth-order valence-electron chi connectivity index (χ4n) is 2.78. The molecule has 0 aromatic heterocycles. The SMILES string of the molecule is C[Si](C)(C1=CCC(/C=C/c2ccccc2)O1)c1ccccc1. The molecule has 1 heterocycles. The predicted molar refractivity (Wildman–Crippen MR) is 96.6 cm³/mol. The number of benzene rings is 2. The van der Waals surface area contributed by atoms with E-state index in [2.05, 4.69) is 85.9 Å². The monoisotopic (exact) mass is 306 g/mol. The first-order valence-electron chi connectivity index (χ1n) is 7.82. The molecule has 0 amide bonds. The smallest absolute Gasteiger partial charge is 0.155 e. The molecule has 0 N–H and O–H groups in total. The molecule has 3 rings (SSSR count). The second-order valence-corrected chi connectivity index (χ2v) is 10.5. The lowest BCUT2D eigenvalue weighted by Gasteiger charge is -2.25. The lowest BCUT2D eigenvalue weighted by atomic mass is 10.2. The van der Waals surface area contributed by atoms with Crippen molar-refractivity contribution < 1.29 is 4.74 Å². The average molecular weight is 306 g/mol. The minimum Gasteiger partial charge on any atom is -0.495 e. The van der Waals surface area contributed by atoms with Crippen molar-refractivity contribution in [3.8, 4) is 0 Å². The molecule has 1 atom stereocenters. The van der Waals surface area contributed by atoms with Gasteiger partial charge in [0, 0.05) is 6.42 Å². The molecule has 1 aliphatic heterocycles. The summed E-state index contributed by atoms with van der Waals surface area (Å²) in [6.45, 7) is 4.72. The lowest BCUT2D eigenvalue weighted by molar-refractivity contribution is 0.201. The first-order chi connectivity index (χ1) is 10.7. The number of rotatable bonds is 4. The summed E-state index contributed by atoms with van der Waals surface area (Å²) < 4.78 is 6.24. The van der Waals surface area contributed by atoms with E-state index in [-0.39, 0.29) is 6.10 Å². The van der Waals surface area contributed by atoms with Gasteiger partial charge in [0.25, 0.3) is 0 Å². The van der Waals surface area contributed by atoms with Gasteiger partial charge in [-0.15, -0.1) is 0 Å². The van der Waals surface area contributed by atoms with Gasteiger partial charge in [0.2, 0.25) is 0 Å². The van der Waals surface area contributed by atoms with Crippen LogP contribution in [0.2, 0.25) is 13.1 Å². The standard InChI is InChI=1S/C20H22OSi/c1-22(2,19-11-7-4-8-12-19)20-16-15-18(21-20)14-13-17-9-5-3-6-10-17/h3-14,16,18H,15H2,1-2H3/b14-13+. The molecule has 1 nitrogen and oxygen atoms in total. The quantitative estimate of drug-likeness (QED) is 0.754. The molecule has 0 aliphatic carbocycles. The Kier molecular flexibility index (Phi) is 4.30. The van der Waals surface area contributed by atoms with E-state index < -0.39 is 8.07 Å². The van der Waals surface area contributed by atoms with E-state index in [0.29, 0.717) is 0 Å². The molecule has 0 fully saturated rings. The van der Waals surface area contributed by atoms with Crippen LogP contribution in [0.1, 0.15) is 12.0 Å². The van der Waals surface area contributed by atoms with Gasteiger partial charge < -0.3 is 4.74 Å². The summed E-state index contributed by atoms with van der Waals surface area (Å²) in [5, 5.41) is 2.63. The summed E-state index contributed by atoms with van der Waals surface area (Å²) in [6.07, 6.45) is 7.76. The Labute approximate surface area is 134 Å². The van der Waals surface area contributed by atoms with Crippen LogP contribution in [0.25, 0.3) is 6.08 Å². The molecule has 0 radical (unpaired) electrons. The van der Waals surface area contributed by atoms with Gasteiger partial charge in [0.1, 0.15) is 6.10 Å². The Morgan fingerprint density at radius 3 is 2.27 bits per heavy atom. The van der Waals surface area contributed by atoms with E-state index in [0.717, 1.165) is 6.42 Å². The molecular formula is C20H22OSi. The van der Waals surface area contributed by atoms with E-state index in [1.54, 1.807) is 0 Å². The molecule has 2 aromatic rings. The summed E-state index contributed by atoms with van der Waals surface area (Å²) in [5.74, 6) is 0. The van der Waals surface area contributed by atoms with Gasteiger partial charge in [-0.05, 0) is 17.7 Å². The third kappa shape index (κ3) is 3.23. The van der Waals surface area contributed by atoms with Crippen LogP contribution in [0, 0.1) is 0 Å². The van der Waals surface area contributed by atoms with Crippen molar-refractivity contribution in [3.05, 3.63) is 83.8 Å². The molecule has 0 spiro atoms. The van der Waals surface area contributed by atoms with Crippen molar-refractivity contribution in [1.82, 2.24) is 0 Å². The minimum absolute atomic E-state index is 0.172. The fraction of sp³-hybridized carbons (Fsp3) is 0.200. The molecule has 112 valence electrons. The van der Waals surface area contributed by atoms with Gasteiger partial charge in [-0.3, -0.25) is 0 Å². The Bertz CT molecular complexity index is 671. The second kappa shape index (κ2) is 6.37. The normalized spacial score (nSPS) is 18.3. The third-order valence-corrected chi connectivity index (χ3v) is 7.56. The highest BCUT2D eigenvalue weighted by Gasteiger charge is 2.34. The number of hydrogen-bond donors (Lipinski definition) is 0. The number of hydrogen-bond acceptors (Lipinski definition) is 1. The molecule has 0 saturated heterocycles. The van der Waals surface area contributed by atoms with E-state index in [4.69, 9.17) is 4.74 Å². The van der Waals surface area contributed by atoms with Gasteiger partial charge >= 0.3 is 0 Å². The molecule has 1 aliphatic rings. The van der Waals surface area contributed by atoms with E-state index >= 15 is 0 Å². The van der Waals surface area contributed by atoms with Crippen molar-refractivity contribution in [3.63, 3.8) is 0 Å². The summed E-state index contributed by atoms with van der Waals surface area (Å²) in [4.78, 5) is 0. The van der Waals surface area contributed by atoms with E-state index in [1.807, 2.05) is 6.07 Å². The highest BCUT2D eigenvalue weighted by Crippen LogP contribution is 2.26. The molecule has 22 heavy (non-hydrogen) atoms. The van der Waals surface area contributed by atoms with Gasteiger partial charge in [0.15, 0.2) is 8.07 Å². The van der Waals surface area contributed by atoms with Crippen LogP contribution in [0.4, 0.5) is 0 Å². The Balaban J connectivity index is 1.68. The van der Waals surface area contributed by atoms with Crippen LogP contribution < -0.4 is 5.19 Å². The van der Waals surface area contributed by atoms with Crippen LogP contribution in [-0.2, 0) is 4.74 Å². The average Bonchev–Trinajstić information content (AvgIpc) is 3.04. The minimum atomic E-state index is -1.69. The van der Waals surface area contributed by atoms with Crippen LogP contribution in [0.15, 0.2) is 78.2 Å². The van der Waals surface area contributed by atoms with Crippen LogP contribution in [0.3, 0.4) is 0 Å². The fourth-order valence-corrected chi connectivity index (χ4v) is 5.17. The zero-order chi connectivity index (χ0) is 15.4. The van der Waals surface area contributed by atoms with Gasteiger partial charge in [0.05, 0.1) is 5.38 Å². The largest absolute Gasteiger partial charge is 0.495 e. The Morgan fingerprint density at radius 1 is 0.955 bits per heavy atom. The maximum Gasteiger partial charge on any atom is 0.155 e. The molecule has 2 heteroatoms. The highest BCUT2D eigenvalue weighted by atomic mass is 28.3.